The van der Waals surface area contributed by atoms with Crippen molar-refractivity contribution in [3.63, 3.8) is 0 Å². The molecule has 4 aliphatic rings. The van der Waals surface area contributed by atoms with Crippen LogP contribution in [0.1, 0.15) is 71.1 Å². The van der Waals surface area contributed by atoms with E-state index in [1.807, 2.05) is 0 Å². The highest BCUT2D eigenvalue weighted by molar-refractivity contribution is 5.37. The van der Waals surface area contributed by atoms with E-state index in [0.29, 0.717) is 12.0 Å². The van der Waals surface area contributed by atoms with Crippen LogP contribution in [0, 0.1) is 11.8 Å². The van der Waals surface area contributed by atoms with Crippen LogP contribution in [0.2, 0.25) is 0 Å². The van der Waals surface area contributed by atoms with E-state index in [4.69, 9.17) is 5.73 Å². The van der Waals surface area contributed by atoms with Gasteiger partial charge in [-0.2, -0.15) is 0 Å². The maximum atomic E-state index is 6.61. The molecule has 0 bridgehead atoms. The van der Waals surface area contributed by atoms with Crippen molar-refractivity contribution in [2.24, 2.45) is 17.6 Å². The van der Waals surface area contributed by atoms with Gasteiger partial charge in [0.05, 0.1) is 6.17 Å². The fourth-order valence-electron chi connectivity index (χ4n) is 5.36. The molecular weight excluding hydrogens is 352 g/mol. The maximum Gasteiger partial charge on any atom is 0.0583 e. The molecule has 0 amide bonds. The average Bonchev–Trinajstić information content (AvgIpc) is 2.80. The molecule has 0 aromatic heterocycles. The van der Waals surface area contributed by atoms with Crippen molar-refractivity contribution in [2.75, 3.05) is 0 Å². The lowest BCUT2D eigenvalue weighted by atomic mass is 9.80. The second-order valence-corrected chi connectivity index (χ2v) is 9.27. The first-order valence-corrected chi connectivity index (χ1v) is 11.8. The SMILES string of the molecule is CC(NC(N)[C@@H]1CC=C(C2=CC=CCC2)CC1)C1=CCC(C2=CCCC=C2)CC1. The summed E-state index contributed by atoms with van der Waals surface area (Å²) in [5.74, 6) is 1.28. The second-order valence-electron chi connectivity index (χ2n) is 9.27. The quantitative estimate of drug-likeness (QED) is 0.415. The third-order valence-electron chi connectivity index (χ3n) is 7.33. The number of hydrogen-bond acceptors (Lipinski definition) is 2. The lowest BCUT2D eigenvalue weighted by molar-refractivity contribution is 0.315. The molecule has 156 valence electrons. The molecule has 0 heterocycles. The molecule has 0 spiro atoms. The van der Waals surface area contributed by atoms with E-state index >= 15 is 0 Å². The predicted molar refractivity (Wildman–Crippen MR) is 124 cm³/mol. The number of rotatable bonds is 6. The van der Waals surface area contributed by atoms with Crippen LogP contribution in [0.5, 0.6) is 0 Å². The number of nitrogens with two attached hydrogens (primary N) is 1. The fraction of sp³-hybridized carbons (Fsp3) is 0.556. The molecule has 0 saturated heterocycles. The normalized spacial score (nSPS) is 29.4. The van der Waals surface area contributed by atoms with Gasteiger partial charge in [-0.1, -0.05) is 54.2 Å². The average molecular weight is 391 g/mol. The lowest BCUT2D eigenvalue weighted by Gasteiger charge is -2.33. The van der Waals surface area contributed by atoms with Crippen molar-refractivity contribution in [1.82, 2.24) is 5.32 Å². The van der Waals surface area contributed by atoms with Crippen LogP contribution < -0.4 is 11.1 Å². The van der Waals surface area contributed by atoms with E-state index in [-0.39, 0.29) is 6.17 Å². The Morgan fingerprint density at radius 2 is 1.86 bits per heavy atom. The van der Waals surface area contributed by atoms with Crippen molar-refractivity contribution >= 4 is 0 Å². The Balaban J connectivity index is 1.27. The van der Waals surface area contributed by atoms with Gasteiger partial charge in [0.1, 0.15) is 0 Å². The second kappa shape index (κ2) is 9.91. The Kier molecular flexibility index (Phi) is 7.05. The maximum absolute atomic E-state index is 6.61. The third kappa shape index (κ3) is 5.29. The topological polar surface area (TPSA) is 38.0 Å². The van der Waals surface area contributed by atoms with Gasteiger partial charge < -0.3 is 5.73 Å². The van der Waals surface area contributed by atoms with Crippen LogP contribution in [-0.2, 0) is 0 Å². The number of allylic oxidation sites excluding steroid dienone is 11. The van der Waals surface area contributed by atoms with E-state index in [0.717, 1.165) is 12.3 Å². The van der Waals surface area contributed by atoms with Gasteiger partial charge in [-0.15, -0.1) is 0 Å². The van der Waals surface area contributed by atoms with Gasteiger partial charge in [-0.3, -0.25) is 5.32 Å². The lowest BCUT2D eigenvalue weighted by Crippen LogP contribution is -2.49. The third-order valence-corrected chi connectivity index (χ3v) is 7.33. The monoisotopic (exact) mass is 390 g/mol. The molecule has 0 radical (unpaired) electrons. The number of nitrogens with one attached hydrogen (secondary N) is 1. The molecule has 29 heavy (non-hydrogen) atoms. The van der Waals surface area contributed by atoms with Crippen LogP contribution in [0.25, 0.3) is 0 Å². The van der Waals surface area contributed by atoms with Crippen LogP contribution in [-0.4, -0.2) is 12.2 Å². The molecule has 0 saturated carbocycles. The first-order chi connectivity index (χ1) is 14.2. The zero-order valence-electron chi connectivity index (χ0n) is 18.1. The minimum Gasteiger partial charge on any atom is -0.316 e. The van der Waals surface area contributed by atoms with Crippen molar-refractivity contribution in [3.8, 4) is 0 Å². The Bertz CT molecular complexity index is 761. The Hall–Kier alpha value is -1.64. The minimum absolute atomic E-state index is 0.0886. The van der Waals surface area contributed by atoms with Crippen molar-refractivity contribution in [3.05, 3.63) is 70.9 Å². The molecular formula is C27H38N2. The summed E-state index contributed by atoms with van der Waals surface area (Å²) in [6, 6.07) is 0.387. The molecule has 3 N–H and O–H groups in total. The van der Waals surface area contributed by atoms with Gasteiger partial charge in [0, 0.05) is 6.04 Å². The highest BCUT2D eigenvalue weighted by atomic mass is 15.1. The van der Waals surface area contributed by atoms with Crippen molar-refractivity contribution in [2.45, 2.75) is 83.3 Å². The molecule has 2 nitrogen and oxygen atoms in total. The largest absolute Gasteiger partial charge is 0.316 e. The molecule has 2 heteroatoms. The van der Waals surface area contributed by atoms with Gasteiger partial charge in [0.15, 0.2) is 0 Å². The zero-order valence-corrected chi connectivity index (χ0v) is 18.1. The van der Waals surface area contributed by atoms with Gasteiger partial charge in [0.2, 0.25) is 0 Å². The zero-order chi connectivity index (χ0) is 20.1. The number of hydrogen-bond donors (Lipinski definition) is 2. The van der Waals surface area contributed by atoms with Gasteiger partial charge in [-0.25, -0.2) is 0 Å². The van der Waals surface area contributed by atoms with E-state index in [9.17, 15) is 0 Å². The first-order valence-electron chi connectivity index (χ1n) is 11.8. The van der Waals surface area contributed by atoms with Crippen LogP contribution in [0.15, 0.2) is 70.9 Å². The molecule has 3 unspecified atom stereocenters. The van der Waals surface area contributed by atoms with Crippen LogP contribution in [0.4, 0.5) is 0 Å². The summed E-state index contributed by atoms with van der Waals surface area (Å²) in [4.78, 5) is 0. The molecule has 0 aromatic rings. The highest BCUT2D eigenvalue weighted by Crippen LogP contribution is 2.34. The van der Waals surface area contributed by atoms with Crippen molar-refractivity contribution in [1.29, 1.82) is 0 Å². The van der Waals surface area contributed by atoms with Gasteiger partial charge in [-0.05, 0) is 99.7 Å². The molecule has 4 aliphatic carbocycles. The molecule has 4 rings (SSSR count). The minimum atomic E-state index is 0.0886. The molecule has 0 aliphatic heterocycles. The van der Waals surface area contributed by atoms with Crippen LogP contribution in [0.3, 0.4) is 0 Å². The molecule has 4 atom stereocenters. The summed E-state index contributed by atoms with van der Waals surface area (Å²) in [5, 5.41) is 3.73. The van der Waals surface area contributed by atoms with E-state index in [2.05, 4.69) is 60.8 Å². The van der Waals surface area contributed by atoms with Gasteiger partial charge >= 0.3 is 0 Å². The van der Waals surface area contributed by atoms with Gasteiger partial charge in [0.25, 0.3) is 0 Å². The van der Waals surface area contributed by atoms with E-state index < -0.39 is 0 Å². The summed E-state index contributed by atoms with van der Waals surface area (Å²) in [6.07, 6.45) is 31.0. The summed E-state index contributed by atoms with van der Waals surface area (Å²) >= 11 is 0. The Labute approximate surface area is 177 Å². The summed E-state index contributed by atoms with van der Waals surface area (Å²) in [6.45, 7) is 2.30. The van der Waals surface area contributed by atoms with Crippen LogP contribution >= 0.6 is 0 Å². The van der Waals surface area contributed by atoms with E-state index in [1.165, 1.54) is 57.8 Å². The first kappa shape index (κ1) is 20.6. The predicted octanol–water partition coefficient (Wildman–Crippen LogP) is 6.26. The highest BCUT2D eigenvalue weighted by Gasteiger charge is 2.25. The Morgan fingerprint density at radius 1 is 0.931 bits per heavy atom. The summed E-state index contributed by atoms with van der Waals surface area (Å²) in [5.41, 5.74) is 12.9. The summed E-state index contributed by atoms with van der Waals surface area (Å²) < 4.78 is 0. The summed E-state index contributed by atoms with van der Waals surface area (Å²) in [7, 11) is 0. The van der Waals surface area contributed by atoms with E-state index in [1.54, 1.807) is 22.3 Å². The Morgan fingerprint density at radius 3 is 2.52 bits per heavy atom. The smallest absolute Gasteiger partial charge is 0.0583 e. The standard InChI is InChI=1S/C27H38N2/c1-20(21-12-14-24(15-13-21)22-8-4-2-5-9-22)29-27(28)26-18-16-25(17-19-26)23-10-6-3-7-11-23/h3-4,6,8-10,12,16,20,24,26-27,29H,2,5,7,11,13-15,17-19,28H2,1H3/t20?,24?,26-,27?/m1/s1. The van der Waals surface area contributed by atoms with Crippen molar-refractivity contribution < 1.29 is 0 Å². The fourth-order valence-corrected chi connectivity index (χ4v) is 5.36. The molecule has 0 fully saturated rings. The molecule has 0 aromatic carbocycles.